The largest absolute Gasteiger partial charge is 0.303 e. The summed E-state index contributed by atoms with van der Waals surface area (Å²) in [6.45, 7) is 7.91. The van der Waals surface area contributed by atoms with Crippen molar-refractivity contribution in [3.63, 3.8) is 0 Å². The molecule has 1 unspecified atom stereocenters. The Hall–Kier alpha value is 0.400. The van der Waals surface area contributed by atoms with Crippen molar-refractivity contribution in [2.24, 2.45) is 0 Å². The molecule has 3 heteroatoms. The number of piperidine rings is 1. The van der Waals surface area contributed by atoms with E-state index in [1.165, 1.54) is 71.4 Å². The van der Waals surface area contributed by atoms with Gasteiger partial charge in [0.1, 0.15) is 0 Å². The van der Waals surface area contributed by atoms with Crippen LogP contribution in [0.2, 0.25) is 0 Å². The van der Waals surface area contributed by atoms with Crippen LogP contribution in [0.15, 0.2) is 0 Å². The predicted octanol–water partition coefficient (Wildman–Crippen LogP) is 2.33. The maximum Gasteiger partial charge on any atom is 0.0273 e. The number of alkyl halides is 1. The Labute approximate surface area is 102 Å². The van der Waals surface area contributed by atoms with Crippen molar-refractivity contribution in [2.75, 3.05) is 39.3 Å². The van der Waals surface area contributed by atoms with Gasteiger partial charge < -0.3 is 9.80 Å². The molecule has 0 bridgehead atoms. The van der Waals surface area contributed by atoms with E-state index >= 15 is 0 Å². The third-order valence-electron chi connectivity index (χ3n) is 3.60. The van der Waals surface area contributed by atoms with E-state index in [2.05, 4.69) is 25.7 Å². The summed E-state index contributed by atoms with van der Waals surface area (Å²) in [5.74, 6) is 0. The second kappa shape index (κ2) is 6.21. The van der Waals surface area contributed by atoms with E-state index in [4.69, 9.17) is 0 Å². The summed E-state index contributed by atoms with van der Waals surface area (Å²) < 4.78 is 0. The lowest BCUT2D eigenvalue weighted by molar-refractivity contribution is 0.217. The number of halogens is 1. The van der Waals surface area contributed by atoms with Gasteiger partial charge in [0.05, 0.1) is 0 Å². The van der Waals surface area contributed by atoms with Gasteiger partial charge in [0.25, 0.3) is 0 Å². The van der Waals surface area contributed by atoms with Crippen LogP contribution in [0.25, 0.3) is 0 Å². The van der Waals surface area contributed by atoms with E-state index in [1.54, 1.807) is 0 Å². The first-order valence-corrected chi connectivity index (χ1v) is 7.35. The zero-order chi connectivity index (χ0) is 10.5. The first-order chi connectivity index (χ1) is 7.34. The number of likely N-dealkylation sites (tertiary alicyclic amines) is 2. The summed E-state index contributed by atoms with van der Waals surface area (Å²) in [6, 6.07) is 0. The van der Waals surface area contributed by atoms with Crippen LogP contribution in [-0.2, 0) is 0 Å². The fraction of sp³-hybridized carbons (Fsp3) is 1.00. The lowest BCUT2D eigenvalue weighted by Crippen LogP contribution is -2.37. The van der Waals surface area contributed by atoms with Crippen molar-refractivity contribution >= 4 is 15.9 Å². The summed E-state index contributed by atoms with van der Waals surface area (Å²) >= 11 is 3.73. The van der Waals surface area contributed by atoms with Gasteiger partial charge in [0.15, 0.2) is 0 Å². The van der Waals surface area contributed by atoms with Gasteiger partial charge in [-0.15, -0.1) is 0 Å². The molecule has 0 radical (unpaired) electrons. The van der Waals surface area contributed by atoms with Crippen LogP contribution in [0.4, 0.5) is 0 Å². The zero-order valence-electron chi connectivity index (χ0n) is 9.63. The minimum atomic E-state index is 0.748. The second-order valence-electron chi connectivity index (χ2n) is 4.94. The Morgan fingerprint density at radius 3 is 2.33 bits per heavy atom. The normalized spacial score (nSPS) is 29.8. The van der Waals surface area contributed by atoms with E-state index in [9.17, 15) is 0 Å². The molecule has 0 aromatic carbocycles. The highest BCUT2D eigenvalue weighted by atomic mass is 79.9. The van der Waals surface area contributed by atoms with Gasteiger partial charge in [-0.3, -0.25) is 0 Å². The first kappa shape index (κ1) is 11.9. The third kappa shape index (κ3) is 4.04. The molecule has 0 N–H and O–H groups in total. The molecule has 0 spiro atoms. The molecule has 2 nitrogen and oxygen atoms in total. The van der Waals surface area contributed by atoms with Crippen molar-refractivity contribution < 1.29 is 0 Å². The summed E-state index contributed by atoms with van der Waals surface area (Å²) in [6.07, 6.45) is 6.95. The van der Waals surface area contributed by atoms with Gasteiger partial charge in [0.2, 0.25) is 0 Å². The Morgan fingerprint density at radius 1 is 0.933 bits per heavy atom. The van der Waals surface area contributed by atoms with Gasteiger partial charge in [-0.05, 0) is 64.8 Å². The van der Waals surface area contributed by atoms with Gasteiger partial charge in [-0.1, -0.05) is 15.9 Å². The average Bonchev–Trinajstić information content (AvgIpc) is 2.71. The van der Waals surface area contributed by atoms with E-state index in [1.807, 2.05) is 0 Å². The molecular formula is C12H23BrN2. The molecule has 2 rings (SSSR count). The summed E-state index contributed by atoms with van der Waals surface area (Å²) in [7, 11) is 0. The fourth-order valence-corrected chi connectivity index (χ4v) is 3.46. The molecular weight excluding hydrogens is 252 g/mol. The van der Waals surface area contributed by atoms with Gasteiger partial charge >= 0.3 is 0 Å². The molecule has 0 saturated carbocycles. The number of rotatable bonds is 4. The molecule has 2 aliphatic rings. The van der Waals surface area contributed by atoms with Crippen molar-refractivity contribution in [3.8, 4) is 0 Å². The molecule has 0 aromatic rings. The highest BCUT2D eigenvalue weighted by Gasteiger charge is 2.17. The highest BCUT2D eigenvalue weighted by Crippen LogP contribution is 2.17. The van der Waals surface area contributed by atoms with Gasteiger partial charge in [-0.2, -0.15) is 0 Å². The van der Waals surface area contributed by atoms with Crippen LogP contribution < -0.4 is 0 Å². The highest BCUT2D eigenvalue weighted by molar-refractivity contribution is 9.09. The topological polar surface area (TPSA) is 6.48 Å². The lowest BCUT2D eigenvalue weighted by atomic mass is 10.1. The van der Waals surface area contributed by atoms with E-state index in [0.717, 1.165) is 4.83 Å². The van der Waals surface area contributed by atoms with Crippen LogP contribution >= 0.6 is 15.9 Å². The van der Waals surface area contributed by atoms with E-state index in [-0.39, 0.29) is 0 Å². The zero-order valence-corrected chi connectivity index (χ0v) is 11.2. The molecule has 2 heterocycles. The molecule has 0 aromatic heterocycles. The third-order valence-corrected chi connectivity index (χ3v) is 4.34. The predicted molar refractivity (Wildman–Crippen MR) is 68.7 cm³/mol. The van der Waals surface area contributed by atoms with Crippen LogP contribution in [-0.4, -0.2) is 53.9 Å². The van der Waals surface area contributed by atoms with Crippen LogP contribution in [0, 0.1) is 0 Å². The molecule has 88 valence electrons. The standard InChI is InChI=1S/C12H23BrN2/c13-12-5-3-8-15(11-12)10-4-9-14-6-1-2-7-14/h12H,1-11H2. The Bertz CT molecular complexity index is 180. The summed E-state index contributed by atoms with van der Waals surface area (Å²) in [5, 5.41) is 0. The lowest BCUT2D eigenvalue weighted by Gasteiger charge is -2.30. The molecule has 0 aliphatic carbocycles. The number of hydrogen-bond acceptors (Lipinski definition) is 2. The van der Waals surface area contributed by atoms with Crippen molar-refractivity contribution in [2.45, 2.75) is 36.9 Å². The Balaban J connectivity index is 1.56. The maximum absolute atomic E-state index is 3.73. The minimum absolute atomic E-state index is 0.748. The molecule has 2 fully saturated rings. The average molecular weight is 275 g/mol. The minimum Gasteiger partial charge on any atom is -0.303 e. The smallest absolute Gasteiger partial charge is 0.0273 e. The SMILES string of the molecule is BrC1CCCN(CCCN2CCCC2)C1. The molecule has 1 atom stereocenters. The number of hydrogen-bond donors (Lipinski definition) is 0. The van der Waals surface area contributed by atoms with Crippen molar-refractivity contribution in [3.05, 3.63) is 0 Å². The maximum atomic E-state index is 3.73. The summed E-state index contributed by atoms with van der Waals surface area (Å²) in [5.41, 5.74) is 0. The van der Waals surface area contributed by atoms with E-state index in [0.29, 0.717) is 0 Å². The molecule has 15 heavy (non-hydrogen) atoms. The summed E-state index contributed by atoms with van der Waals surface area (Å²) in [4.78, 5) is 5.99. The van der Waals surface area contributed by atoms with Crippen molar-refractivity contribution in [1.82, 2.24) is 9.80 Å². The molecule has 0 amide bonds. The fourth-order valence-electron chi connectivity index (χ4n) is 2.73. The van der Waals surface area contributed by atoms with Crippen LogP contribution in [0.1, 0.15) is 32.1 Å². The van der Waals surface area contributed by atoms with Gasteiger partial charge in [0, 0.05) is 11.4 Å². The molecule has 2 aliphatic heterocycles. The molecule has 2 saturated heterocycles. The van der Waals surface area contributed by atoms with Crippen LogP contribution in [0.5, 0.6) is 0 Å². The Morgan fingerprint density at radius 2 is 1.60 bits per heavy atom. The Kier molecular flexibility index (Phi) is 4.92. The first-order valence-electron chi connectivity index (χ1n) is 6.43. The van der Waals surface area contributed by atoms with E-state index < -0.39 is 0 Å². The number of nitrogens with zero attached hydrogens (tertiary/aromatic N) is 2. The second-order valence-corrected chi connectivity index (χ2v) is 6.24. The van der Waals surface area contributed by atoms with Gasteiger partial charge in [-0.25, -0.2) is 0 Å². The van der Waals surface area contributed by atoms with Crippen molar-refractivity contribution in [1.29, 1.82) is 0 Å². The van der Waals surface area contributed by atoms with Crippen LogP contribution in [0.3, 0.4) is 0 Å². The quantitative estimate of drug-likeness (QED) is 0.727. The monoisotopic (exact) mass is 274 g/mol.